The molecule has 0 amide bonds. The average Bonchev–Trinajstić information content (AvgIpc) is 2.35. The zero-order valence-electron chi connectivity index (χ0n) is 6.03. The van der Waals surface area contributed by atoms with Crippen LogP contribution in [-0.2, 0) is 0 Å². The summed E-state index contributed by atoms with van der Waals surface area (Å²) < 4.78 is 5.22. The molecule has 11 heavy (non-hydrogen) atoms. The van der Waals surface area contributed by atoms with Gasteiger partial charge < -0.3 is 4.42 Å². The Morgan fingerprint density at radius 1 is 0.909 bits per heavy atom. The van der Waals surface area contributed by atoms with Crippen molar-refractivity contribution in [3.63, 3.8) is 0 Å². The fourth-order valence-electron chi connectivity index (χ4n) is 1.03. The van der Waals surface area contributed by atoms with Gasteiger partial charge in [-0.1, -0.05) is 30.4 Å². The molecule has 1 heterocycles. The minimum absolute atomic E-state index is 0.922. The van der Waals surface area contributed by atoms with Crippen molar-refractivity contribution in [2.45, 2.75) is 0 Å². The normalized spacial score (nSPS) is 26.2. The Morgan fingerprint density at radius 3 is 2.64 bits per heavy atom. The predicted molar refractivity (Wildman–Crippen MR) is 45.2 cm³/mol. The molecule has 0 aliphatic heterocycles. The molecule has 1 aromatic heterocycles. The lowest BCUT2D eigenvalue weighted by molar-refractivity contribution is 0.531. The monoisotopic (exact) mass is 144 g/mol. The van der Waals surface area contributed by atoms with E-state index in [-0.39, 0.29) is 0 Å². The van der Waals surface area contributed by atoms with Crippen LogP contribution in [0, 0.1) is 0 Å². The van der Waals surface area contributed by atoms with E-state index in [2.05, 4.69) is 0 Å². The smallest absolute Gasteiger partial charge is 0.133 e. The maximum atomic E-state index is 5.22. The molecular weight excluding hydrogens is 136 g/mol. The van der Waals surface area contributed by atoms with Crippen molar-refractivity contribution in [3.05, 3.63) is 47.3 Å². The van der Waals surface area contributed by atoms with E-state index < -0.39 is 0 Å². The van der Waals surface area contributed by atoms with Crippen LogP contribution in [0.3, 0.4) is 0 Å². The van der Waals surface area contributed by atoms with E-state index in [0.29, 0.717) is 0 Å². The molecule has 0 N–H and O–H groups in total. The van der Waals surface area contributed by atoms with Crippen molar-refractivity contribution in [2.24, 2.45) is 0 Å². The van der Waals surface area contributed by atoms with Crippen LogP contribution in [0.1, 0.15) is 0 Å². The minimum atomic E-state index is 0.922. The zero-order chi connectivity index (χ0) is 7.52. The van der Waals surface area contributed by atoms with Gasteiger partial charge in [0.1, 0.15) is 5.42 Å². The summed E-state index contributed by atoms with van der Waals surface area (Å²) in [4.78, 5) is 0. The first kappa shape index (κ1) is 6.23. The quantitative estimate of drug-likeness (QED) is 0.528. The summed E-state index contributed by atoms with van der Waals surface area (Å²) in [6.07, 6.45) is 13.6. The number of furan rings is 1. The number of hydrogen-bond acceptors (Lipinski definition) is 1. The fourth-order valence-corrected chi connectivity index (χ4v) is 1.03. The maximum absolute atomic E-state index is 5.22. The van der Waals surface area contributed by atoms with E-state index in [1.54, 1.807) is 6.26 Å². The van der Waals surface area contributed by atoms with Crippen molar-refractivity contribution in [1.29, 1.82) is 0 Å². The second-order valence-electron chi connectivity index (χ2n) is 2.34. The van der Waals surface area contributed by atoms with Crippen LogP contribution < -0.4 is 10.6 Å². The number of fused-ring (bicyclic) bond motifs is 1. The van der Waals surface area contributed by atoms with Crippen LogP contribution in [0.25, 0.3) is 12.2 Å². The zero-order valence-corrected chi connectivity index (χ0v) is 6.03. The molecule has 0 spiro atoms. The summed E-state index contributed by atoms with van der Waals surface area (Å²) in [5.41, 5.74) is 0.922. The number of rotatable bonds is 0. The van der Waals surface area contributed by atoms with Gasteiger partial charge >= 0.3 is 0 Å². The van der Waals surface area contributed by atoms with Crippen molar-refractivity contribution < 1.29 is 4.42 Å². The second kappa shape index (κ2) is 2.62. The molecule has 0 atom stereocenters. The summed E-state index contributed by atoms with van der Waals surface area (Å²) in [6.45, 7) is 0. The van der Waals surface area contributed by atoms with Crippen molar-refractivity contribution in [3.8, 4) is 0 Å². The topological polar surface area (TPSA) is 13.1 Å². The third kappa shape index (κ3) is 1.17. The van der Waals surface area contributed by atoms with Crippen LogP contribution in [0.4, 0.5) is 0 Å². The van der Waals surface area contributed by atoms with Gasteiger partial charge in [-0.15, -0.1) is 0 Å². The molecule has 2 rings (SSSR count). The van der Waals surface area contributed by atoms with Gasteiger partial charge in [-0.3, -0.25) is 0 Å². The van der Waals surface area contributed by atoms with Gasteiger partial charge in [0.15, 0.2) is 0 Å². The van der Waals surface area contributed by atoms with Crippen molar-refractivity contribution in [2.75, 3.05) is 0 Å². The van der Waals surface area contributed by atoms with Gasteiger partial charge in [0.05, 0.1) is 6.26 Å². The summed E-state index contributed by atoms with van der Waals surface area (Å²) >= 11 is 0. The van der Waals surface area contributed by atoms with Gasteiger partial charge in [-0.05, 0) is 12.1 Å². The van der Waals surface area contributed by atoms with Gasteiger partial charge in [0.2, 0.25) is 0 Å². The molecule has 0 radical (unpaired) electrons. The van der Waals surface area contributed by atoms with Gasteiger partial charge in [0, 0.05) is 5.22 Å². The molecule has 1 aliphatic rings. The van der Waals surface area contributed by atoms with E-state index in [0.717, 1.165) is 10.6 Å². The average molecular weight is 144 g/mol. The van der Waals surface area contributed by atoms with Crippen LogP contribution in [0.15, 0.2) is 41.1 Å². The molecule has 0 saturated carbocycles. The molecule has 0 bridgehead atoms. The lowest BCUT2D eigenvalue weighted by Crippen LogP contribution is -2.18. The summed E-state index contributed by atoms with van der Waals surface area (Å²) in [5, 5.41) is 1.13. The third-order valence-electron chi connectivity index (χ3n) is 1.58. The number of hydrogen-bond donors (Lipinski definition) is 0. The van der Waals surface area contributed by atoms with E-state index >= 15 is 0 Å². The van der Waals surface area contributed by atoms with Crippen molar-refractivity contribution in [1.82, 2.24) is 0 Å². The molecule has 1 aliphatic carbocycles. The standard InChI is InChI=1S/C10H8O/c1-2-4-6-10-9(5-3-1)7-8-11-10/h1-8H/b2-1?,3-1-,4-2-,5-3?,6-4?,9-5-,10-6+. The van der Waals surface area contributed by atoms with Crippen molar-refractivity contribution >= 4 is 12.2 Å². The molecule has 0 saturated heterocycles. The molecule has 1 nitrogen and oxygen atoms in total. The predicted octanol–water partition coefficient (Wildman–Crippen LogP) is 0.967. The first-order valence-electron chi connectivity index (χ1n) is 3.56. The van der Waals surface area contributed by atoms with Gasteiger partial charge in [0.25, 0.3) is 0 Å². The Hall–Kier alpha value is -1.50. The molecule has 1 aromatic rings. The lowest BCUT2D eigenvalue weighted by Gasteiger charge is -1.80. The molecule has 1 heteroatoms. The first-order chi connectivity index (χ1) is 5.47. The Labute approximate surface area is 64.7 Å². The Bertz CT molecular complexity index is 366. The highest BCUT2D eigenvalue weighted by molar-refractivity contribution is 5.45. The van der Waals surface area contributed by atoms with Crippen LogP contribution >= 0.6 is 0 Å². The molecule has 0 unspecified atom stereocenters. The molecular formula is C10H8O. The van der Waals surface area contributed by atoms with E-state index in [1.807, 2.05) is 42.5 Å². The van der Waals surface area contributed by atoms with Crippen LogP contribution in [0.2, 0.25) is 0 Å². The molecule has 54 valence electrons. The fraction of sp³-hybridized carbons (Fsp3) is 0. The van der Waals surface area contributed by atoms with E-state index in [9.17, 15) is 0 Å². The minimum Gasteiger partial charge on any atom is -0.464 e. The highest BCUT2D eigenvalue weighted by Crippen LogP contribution is 1.83. The molecule has 0 aromatic carbocycles. The highest BCUT2D eigenvalue weighted by Gasteiger charge is 1.85. The Morgan fingerprint density at radius 2 is 1.73 bits per heavy atom. The number of allylic oxidation sites excluding steroid dienone is 4. The van der Waals surface area contributed by atoms with E-state index in [4.69, 9.17) is 4.42 Å². The third-order valence-corrected chi connectivity index (χ3v) is 1.58. The van der Waals surface area contributed by atoms with Crippen LogP contribution in [-0.4, -0.2) is 0 Å². The summed E-state index contributed by atoms with van der Waals surface area (Å²) in [7, 11) is 0. The van der Waals surface area contributed by atoms with Gasteiger partial charge in [-0.25, -0.2) is 0 Å². The lowest BCUT2D eigenvalue weighted by atomic mass is 10.3. The Kier molecular flexibility index (Phi) is 1.48. The van der Waals surface area contributed by atoms with Gasteiger partial charge in [-0.2, -0.15) is 0 Å². The SMILES string of the molecule is C1=C\C=c2\cco\c2=C\C=C/1. The maximum Gasteiger partial charge on any atom is 0.133 e. The Balaban J connectivity index is 2.80. The summed E-state index contributed by atoms with van der Waals surface area (Å²) in [6, 6.07) is 1.95. The van der Waals surface area contributed by atoms with E-state index in [1.165, 1.54) is 0 Å². The highest BCUT2D eigenvalue weighted by atomic mass is 16.3. The van der Waals surface area contributed by atoms with Crippen LogP contribution in [0.5, 0.6) is 0 Å². The second-order valence-corrected chi connectivity index (χ2v) is 2.34. The first-order valence-corrected chi connectivity index (χ1v) is 3.56. The summed E-state index contributed by atoms with van der Waals surface area (Å²) in [5.74, 6) is 0. The molecule has 0 fully saturated rings. The largest absolute Gasteiger partial charge is 0.464 e.